The quantitative estimate of drug-likeness (QED) is 0.696. The molecule has 0 aliphatic carbocycles. The number of ether oxygens (including phenoxy) is 1. The standard InChI is InChI=1S/C10H8BrNO/c11-9-3-1-2-7-4-5-8(6-12)13-10(7)9/h1-3,8H,4-5H2. The number of halogens is 1. The van der Waals surface area contributed by atoms with Gasteiger partial charge >= 0.3 is 0 Å². The molecule has 0 radical (unpaired) electrons. The molecule has 1 aromatic carbocycles. The maximum absolute atomic E-state index is 8.72. The third-order valence-corrected chi connectivity index (χ3v) is 2.75. The molecule has 2 rings (SSSR count). The van der Waals surface area contributed by atoms with Crippen LogP contribution in [0.3, 0.4) is 0 Å². The van der Waals surface area contributed by atoms with Crippen molar-refractivity contribution in [2.45, 2.75) is 18.9 Å². The molecular weight excluding hydrogens is 230 g/mol. The van der Waals surface area contributed by atoms with Gasteiger partial charge in [-0.1, -0.05) is 12.1 Å². The zero-order valence-corrected chi connectivity index (χ0v) is 8.54. The van der Waals surface area contributed by atoms with Gasteiger partial charge < -0.3 is 4.74 Å². The van der Waals surface area contributed by atoms with Crippen molar-refractivity contribution in [2.24, 2.45) is 0 Å². The van der Waals surface area contributed by atoms with Gasteiger partial charge in [-0.15, -0.1) is 0 Å². The average Bonchev–Trinajstić information content (AvgIpc) is 2.18. The van der Waals surface area contributed by atoms with Gasteiger partial charge in [0.25, 0.3) is 0 Å². The second-order valence-corrected chi connectivity index (χ2v) is 3.86. The number of rotatable bonds is 0. The number of fused-ring (bicyclic) bond motifs is 1. The Morgan fingerprint density at radius 3 is 3.15 bits per heavy atom. The van der Waals surface area contributed by atoms with Gasteiger partial charge in [0, 0.05) is 6.42 Å². The van der Waals surface area contributed by atoms with Crippen molar-refractivity contribution in [3.63, 3.8) is 0 Å². The van der Waals surface area contributed by atoms with Crippen LogP contribution in [0.4, 0.5) is 0 Å². The summed E-state index contributed by atoms with van der Waals surface area (Å²) in [5.74, 6) is 0.834. The van der Waals surface area contributed by atoms with Crippen LogP contribution in [0, 0.1) is 11.3 Å². The van der Waals surface area contributed by atoms with E-state index in [1.54, 1.807) is 0 Å². The lowest BCUT2D eigenvalue weighted by molar-refractivity contribution is 0.224. The van der Waals surface area contributed by atoms with Crippen LogP contribution in [0.25, 0.3) is 0 Å². The van der Waals surface area contributed by atoms with E-state index < -0.39 is 0 Å². The molecule has 0 saturated heterocycles. The number of nitrogens with zero attached hydrogens (tertiary/aromatic N) is 1. The summed E-state index contributed by atoms with van der Waals surface area (Å²) in [5, 5.41) is 8.72. The predicted octanol–water partition coefficient (Wildman–Crippen LogP) is 2.67. The summed E-state index contributed by atoms with van der Waals surface area (Å²) in [5.41, 5.74) is 1.18. The fourth-order valence-corrected chi connectivity index (χ4v) is 1.96. The number of benzene rings is 1. The maximum atomic E-state index is 8.72. The molecule has 0 bridgehead atoms. The molecule has 1 unspecified atom stereocenters. The van der Waals surface area contributed by atoms with Gasteiger partial charge in [0.2, 0.25) is 0 Å². The molecule has 0 amide bonds. The number of hydrogen-bond donors (Lipinski definition) is 0. The Balaban J connectivity index is 2.39. The molecule has 1 atom stereocenters. The largest absolute Gasteiger partial charge is 0.474 e. The summed E-state index contributed by atoms with van der Waals surface area (Å²) in [6.07, 6.45) is 1.43. The molecule has 3 heteroatoms. The first-order valence-corrected chi connectivity index (χ1v) is 4.94. The fraction of sp³-hybridized carbons (Fsp3) is 0.300. The van der Waals surface area contributed by atoms with Gasteiger partial charge in [-0.25, -0.2) is 0 Å². The fourth-order valence-electron chi connectivity index (χ4n) is 1.46. The number of hydrogen-bond acceptors (Lipinski definition) is 2. The van der Waals surface area contributed by atoms with E-state index in [0.29, 0.717) is 0 Å². The summed E-state index contributed by atoms with van der Waals surface area (Å²) in [4.78, 5) is 0. The van der Waals surface area contributed by atoms with E-state index in [1.165, 1.54) is 5.56 Å². The van der Waals surface area contributed by atoms with Crippen molar-refractivity contribution in [1.82, 2.24) is 0 Å². The topological polar surface area (TPSA) is 33.0 Å². The normalized spacial score (nSPS) is 19.8. The second kappa shape index (κ2) is 3.39. The Morgan fingerprint density at radius 1 is 1.54 bits per heavy atom. The summed E-state index contributed by atoms with van der Waals surface area (Å²) in [6, 6.07) is 8.08. The molecular formula is C10H8BrNO. The minimum absolute atomic E-state index is 0.286. The van der Waals surface area contributed by atoms with Crippen molar-refractivity contribution in [2.75, 3.05) is 0 Å². The van der Waals surface area contributed by atoms with Crippen molar-refractivity contribution >= 4 is 15.9 Å². The number of para-hydroxylation sites is 1. The number of aryl methyl sites for hydroxylation is 1. The Kier molecular flexibility index (Phi) is 2.24. The lowest BCUT2D eigenvalue weighted by Crippen LogP contribution is -2.20. The summed E-state index contributed by atoms with van der Waals surface area (Å²) < 4.78 is 6.44. The molecule has 1 heterocycles. The van der Waals surface area contributed by atoms with Crippen LogP contribution in [0.2, 0.25) is 0 Å². The minimum atomic E-state index is -0.286. The molecule has 1 aromatic rings. The van der Waals surface area contributed by atoms with E-state index in [0.717, 1.165) is 23.1 Å². The van der Waals surface area contributed by atoms with Crippen molar-refractivity contribution < 1.29 is 4.74 Å². The summed E-state index contributed by atoms with van der Waals surface area (Å²) in [7, 11) is 0. The van der Waals surface area contributed by atoms with E-state index in [2.05, 4.69) is 22.0 Å². The Hall–Kier alpha value is -1.01. The van der Waals surface area contributed by atoms with Gasteiger partial charge in [0.1, 0.15) is 11.8 Å². The van der Waals surface area contributed by atoms with E-state index >= 15 is 0 Å². The number of nitriles is 1. The Bertz CT molecular complexity index is 370. The third-order valence-electron chi connectivity index (χ3n) is 2.13. The van der Waals surface area contributed by atoms with Crippen LogP contribution in [0.1, 0.15) is 12.0 Å². The van der Waals surface area contributed by atoms with Crippen LogP contribution in [-0.4, -0.2) is 6.10 Å². The molecule has 1 aliphatic heterocycles. The lowest BCUT2D eigenvalue weighted by Gasteiger charge is -2.22. The second-order valence-electron chi connectivity index (χ2n) is 3.00. The molecule has 0 spiro atoms. The van der Waals surface area contributed by atoms with E-state index in [-0.39, 0.29) is 6.10 Å². The molecule has 13 heavy (non-hydrogen) atoms. The van der Waals surface area contributed by atoms with Crippen LogP contribution in [-0.2, 0) is 6.42 Å². The highest BCUT2D eigenvalue weighted by molar-refractivity contribution is 9.10. The maximum Gasteiger partial charge on any atom is 0.184 e. The Labute approximate surface area is 85.3 Å². The molecule has 0 fully saturated rings. The Morgan fingerprint density at radius 2 is 2.38 bits per heavy atom. The molecule has 2 nitrogen and oxygen atoms in total. The van der Waals surface area contributed by atoms with Gasteiger partial charge in [0.05, 0.1) is 4.47 Å². The van der Waals surface area contributed by atoms with Gasteiger partial charge in [0.15, 0.2) is 6.10 Å². The van der Waals surface area contributed by atoms with Crippen LogP contribution in [0.15, 0.2) is 22.7 Å². The van der Waals surface area contributed by atoms with Crippen molar-refractivity contribution in [1.29, 1.82) is 5.26 Å². The zero-order chi connectivity index (χ0) is 9.26. The van der Waals surface area contributed by atoms with Gasteiger partial charge in [-0.05, 0) is 34.0 Å². The van der Waals surface area contributed by atoms with Crippen LogP contribution >= 0.6 is 15.9 Å². The molecule has 0 aromatic heterocycles. The highest BCUT2D eigenvalue weighted by Crippen LogP contribution is 2.34. The monoisotopic (exact) mass is 237 g/mol. The average molecular weight is 238 g/mol. The summed E-state index contributed by atoms with van der Waals surface area (Å²) in [6.45, 7) is 0. The first-order valence-electron chi connectivity index (χ1n) is 4.15. The first kappa shape index (κ1) is 8.58. The highest BCUT2D eigenvalue weighted by atomic mass is 79.9. The van der Waals surface area contributed by atoms with E-state index in [4.69, 9.17) is 10.00 Å². The van der Waals surface area contributed by atoms with Crippen LogP contribution in [0.5, 0.6) is 5.75 Å². The van der Waals surface area contributed by atoms with Crippen molar-refractivity contribution in [3.8, 4) is 11.8 Å². The highest BCUT2D eigenvalue weighted by Gasteiger charge is 2.20. The molecule has 1 aliphatic rings. The smallest absolute Gasteiger partial charge is 0.184 e. The minimum Gasteiger partial charge on any atom is -0.474 e. The zero-order valence-electron chi connectivity index (χ0n) is 6.96. The molecule has 0 saturated carbocycles. The van der Waals surface area contributed by atoms with E-state index in [1.807, 2.05) is 18.2 Å². The third kappa shape index (κ3) is 1.54. The first-order chi connectivity index (χ1) is 6.31. The predicted molar refractivity (Wildman–Crippen MR) is 52.5 cm³/mol. The molecule has 0 N–H and O–H groups in total. The molecule has 66 valence electrons. The van der Waals surface area contributed by atoms with Crippen LogP contribution < -0.4 is 4.74 Å². The van der Waals surface area contributed by atoms with Crippen molar-refractivity contribution in [3.05, 3.63) is 28.2 Å². The lowest BCUT2D eigenvalue weighted by atomic mass is 10.0. The summed E-state index contributed by atoms with van der Waals surface area (Å²) >= 11 is 3.40. The van der Waals surface area contributed by atoms with Gasteiger partial charge in [-0.2, -0.15) is 5.26 Å². The van der Waals surface area contributed by atoms with Gasteiger partial charge in [-0.3, -0.25) is 0 Å². The van der Waals surface area contributed by atoms with E-state index in [9.17, 15) is 0 Å². The SMILES string of the molecule is N#CC1CCc2cccc(Br)c2O1.